The van der Waals surface area contributed by atoms with Gasteiger partial charge in [-0.3, -0.25) is 9.59 Å². The molecule has 0 saturated carbocycles. The molecule has 0 spiro atoms. The van der Waals surface area contributed by atoms with Crippen molar-refractivity contribution in [3.8, 4) is 0 Å². The first-order valence-corrected chi connectivity index (χ1v) is 8.39. The summed E-state index contributed by atoms with van der Waals surface area (Å²) in [5.41, 5.74) is -0.705. The van der Waals surface area contributed by atoms with Gasteiger partial charge in [0.05, 0.1) is 24.5 Å². The summed E-state index contributed by atoms with van der Waals surface area (Å²) >= 11 is 0. The Labute approximate surface area is 135 Å². The maximum absolute atomic E-state index is 12.4. The van der Waals surface area contributed by atoms with Crippen molar-refractivity contribution in [3.05, 3.63) is 0 Å². The van der Waals surface area contributed by atoms with Gasteiger partial charge < -0.3 is 9.47 Å². The van der Waals surface area contributed by atoms with Gasteiger partial charge in [-0.1, -0.05) is 48.0 Å². The van der Waals surface area contributed by atoms with E-state index in [9.17, 15) is 9.59 Å². The summed E-state index contributed by atoms with van der Waals surface area (Å²) in [5.74, 6) is -0.751. The Bertz CT molecular complexity index is 357. The largest absolute Gasteiger partial charge is 0.465 e. The normalized spacial score (nSPS) is 15.8. The Morgan fingerprint density at radius 1 is 1.05 bits per heavy atom. The van der Waals surface area contributed by atoms with Crippen LogP contribution in [0.2, 0.25) is 0 Å². The van der Waals surface area contributed by atoms with Crippen LogP contribution in [0.1, 0.15) is 74.1 Å². The van der Waals surface area contributed by atoms with Crippen LogP contribution in [-0.4, -0.2) is 25.2 Å². The maximum Gasteiger partial charge on any atom is 0.311 e. The number of rotatable bonds is 9. The quantitative estimate of drug-likeness (QED) is 0.468. The molecule has 0 aliphatic rings. The Morgan fingerprint density at radius 3 is 2.09 bits per heavy atom. The van der Waals surface area contributed by atoms with Crippen molar-refractivity contribution in [3.63, 3.8) is 0 Å². The van der Waals surface area contributed by atoms with Crippen molar-refractivity contribution in [2.75, 3.05) is 13.2 Å². The van der Waals surface area contributed by atoms with E-state index in [1.54, 1.807) is 0 Å². The molecule has 0 bridgehead atoms. The molecule has 0 aliphatic heterocycles. The molecule has 0 rings (SSSR count). The highest BCUT2D eigenvalue weighted by Gasteiger charge is 2.37. The van der Waals surface area contributed by atoms with Crippen LogP contribution in [0, 0.1) is 16.7 Å². The van der Waals surface area contributed by atoms with Crippen LogP contribution >= 0.6 is 0 Å². The highest BCUT2D eigenvalue weighted by molar-refractivity contribution is 5.78. The van der Waals surface area contributed by atoms with Gasteiger partial charge in [0.1, 0.15) is 0 Å². The van der Waals surface area contributed by atoms with Crippen molar-refractivity contribution < 1.29 is 19.1 Å². The van der Waals surface area contributed by atoms with Gasteiger partial charge in [-0.05, 0) is 31.6 Å². The molecule has 0 heterocycles. The van der Waals surface area contributed by atoms with E-state index >= 15 is 0 Å². The zero-order valence-electron chi connectivity index (χ0n) is 15.5. The van der Waals surface area contributed by atoms with E-state index < -0.39 is 5.41 Å². The summed E-state index contributed by atoms with van der Waals surface area (Å²) in [6.07, 6.45) is 2.96. The third-order valence-electron chi connectivity index (χ3n) is 3.81. The number of esters is 2. The van der Waals surface area contributed by atoms with Gasteiger partial charge in [-0.25, -0.2) is 0 Å². The van der Waals surface area contributed by atoms with Crippen molar-refractivity contribution >= 4 is 11.9 Å². The Balaban J connectivity index is 4.58. The van der Waals surface area contributed by atoms with Gasteiger partial charge in [0, 0.05) is 0 Å². The second-order valence-corrected chi connectivity index (χ2v) is 7.68. The molecule has 22 heavy (non-hydrogen) atoms. The molecule has 4 heteroatoms. The number of unbranched alkanes of at least 4 members (excludes halogenated alkanes) is 1. The first-order chi connectivity index (χ1) is 10.1. The van der Waals surface area contributed by atoms with Crippen LogP contribution in [-0.2, 0) is 19.1 Å². The van der Waals surface area contributed by atoms with E-state index in [0.29, 0.717) is 26.1 Å². The predicted molar refractivity (Wildman–Crippen MR) is 88.5 cm³/mol. The summed E-state index contributed by atoms with van der Waals surface area (Å²) in [7, 11) is 0. The summed E-state index contributed by atoms with van der Waals surface area (Å²) in [6.45, 7) is 14.6. The van der Waals surface area contributed by atoms with E-state index in [1.165, 1.54) is 0 Å². The van der Waals surface area contributed by atoms with Gasteiger partial charge in [-0.2, -0.15) is 0 Å². The van der Waals surface area contributed by atoms with Gasteiger partial charge in [0.2, 0.25) is 0 Å². The Hall–Kier alpha value is -1.06. The van der Waals surface area contributed by atoms with Crippen LogP contribution in [0.15, 0.2) is 0 Å². The first kappa shape index (κ1) is 20.9. The van der Waals surface area contributed by atoms with Crippen molar-refractivity contribution in [1.82, 2.24) is 0 Å². The molecule has 2 atom stereocenters. The lowest BCUT2D eigenvalue weighted by Gasteiger charge is -2.30. The highest BCUT2D eigenvalue weighted by Crippen LogP contribution is 2.32. The molecule has 0 amide bonds. The SMILES string of the molecule is CCCCOC(=O)C(C)CC(C)(CC)C(=O)OCC(C)(C)C. The topological polar surface area (TPSA) is 52.6 Å². The van der Waals surface area contributed by atoms with Crippen LogP contribution < -0.4 is 0 Å². The fraction of sp³-hybridized carbons (Fsp3) is 0.889. The molecule has 0 N–H and O–H groups in total. The summed E-state index contributed by atoms with van der Waals surface area (Å²) < 4.78 is 10.7. The van der Waals surface area contributed by atoms with Crippen LogP contribution in [0.5, 0.6) is 0 Å². The minimum atomic E-state index is -0.644. The molecule has 0 aromatic rings. The summed E-state index contributed by atoms with van der Waals surface area (Å²) in [4.78, 5) is 24.4. The van der Waals surface area contributed by atoms with Crippen LogP contribution in [0.25, 0.3) is 0 Å². The number of ether oxygens (including phenoxy) is 2. The van der Waals surface area contributed by atoms with Gasteiger partial charge in [-0.15, -0.1) is 0 Å². The zero-order valence-corrected chi connectivity index (χ0v) is 15.5. The maximum atomic E-state index is 12.4. The Kier molecular flexibility index (Phi) is 8.72. The molecule has 0 fully saturated rings. The molecule has 4 nitrogen and oxygen atoms in total. The second kappa shape index (κ2) is 9.16. The molecule has 0 aromatic carbocycles. The number of carbonyl (C=O) groups excluding carboxylic acids is 2. The summed E-state index contributed by atoms with van der Waals surface area (Å²) in [6, 6.07) is 0. The minimum absolute atomic E-state index is 0.0605. The lowest BCUT2D eigenvalue weighted by Crippen LogP contribution is -2.35. The van der Waals surface area contributed by atoms with Crippen molar-refractivity contribution in [1.29, 1.82) is 0 Å². The van der Waals surface area contributed by atoms with Crippen molar-refractivity contribution in [2.45, 2.75) is 74.1 Å². The third-order valence-corrected chi connectivity index (χ3v) is 3.81. The predicted octanol–water partition coefficient (Wildman–Crippen LogP) is 4.36. The lowest BCUT2D eigenvalue weighted by molar-refractivity contribution is -0.161. The molecule has 0 aliphatic carbocycles. The lowest BCUT2D eigenvalue weighted by atomic mass is 9.79. The molecule has 0 saturated heterocycles. The number of hydrogen-bond acceptors (Lipinski definition) is 4. The van der Waals surface area contributed by atoms with Gasteiger partial charge >= 0.3 is 11.9 Å². The standard InChI is InChI=1S/C18H34O4/c1-8-10-11-21-15(19)14(3)12-18(7,9-2)16(20)22-13-17(4,5)6/h14H,8-13H2,1-7H3. The average molecular weight is 314 g/mol. The van der Waals surface area contributed by atoms with Gasteiger partial charge in [0.25, 0.3) is 0 Å². The number of hydrogen-bond donors (Lipinski definition) is 0. The van der Waals surface area contributed by atoms with E-state index in [1.807, 2.05) is 41.5 Å². The first-order valence-electron chi connectivity index (χ1n) is 8.39. The fourth-order valence-electron chi connectivity index (χ4n) is 2.05. The van der Waals surface area contributed by atoms with E-state index in [0.717, 1.165) is 12.8 Å². The summed E-state index contributed by atoms with van der Waals surface area (Å²) in [5, 5.41) is 0. The monoisotopic (exact) mass is 314 g/mol. The molecular weight excluding hydrogens is 280 g/mol. The van der Waals surface area contributed by atoms with E-state index in [2.05, 4.69) is 6.92 Å². The minimum Gasteiger partial charge on any atom is -0.465 e. The third kappa shape index (κ3) is 7.81. The second-order valence-electron chi connectivity index (χ2n) is 7.68. The average Bonchev–Trinajstić information content (AvgIpc) is 2.43. The smallest absolute Gasteiger partial charge is 0.311 e. The molecule has 0 radical (unpaired) electrons. The van der Waals surface area contributed by atoms with Crippen molar-refractivity contribution in [2.24, 2.45) is 16.7 Å². The Morgan fingerprint density at radius 2 is 1.64 bits per heavy atom. The van der Waals surface area contributed by atoms with E-state index in [4.69, 9.17) is 9.47 Å². The fourth-order valence-corrected chi connectivity index (χ4v) is 2.05. The molecular formula is C18H34O4. The van der Waals surface area contributed by atoms with Crippen LogP contribution in [0.3, 0.4) is 0 Å². The molecule has 2 unspecified atom stereocenters. The van der Waals surface area contributed by atoms with Crippen LogP contribution in [0.4, 0.5) is 0 Å². The van der Waals surface area contributed by atoms with Gasteiger partial charge in [0.15, 0.2) is 0 Å². The molecule has 130 valence electrons. The zero-order chi connectivity index (χ0) is 17.4. The number of carbonyl (C=O) groups is 2. The molecule has 0 aromatic heterocycles. The van der Waals surface area contributed by atoms with E-state index in [-0.39, 0.29) is 23.3 Å². The highest BCUT2D eigenvalue weighted by atomic mass is 16.5.